The summed E-state index contributed by atoms with van der Waals surface area (Å²) in [5, 5.41) is 10.5. The molecule has 1 heterocycles. The fourth-order valence-corrected chi connectivity index (χ4v) is 5.95. The van der Waals surface area contributed by atoms with E-state index in [-0.39, 0.29) is 17.6 Å². The van der Waals surface area contributed by atoms with E-state index in [4.69, 9.17) is 4.74 Å². The predicted octanol–water partition coefficient (Wildman–Crippen LogP) is 1.17. The summed E-state index contributed by atoms with van der Waals surface area (Å²) >= 11 is 0. The molecule has 6 nitrogen and oxygen atoms in total. The topological polar surface area (TPSA) is 71.3 Å². The number of hydrogen-bond acceptors (Lipinski definition) is 4. The number of aliphatic hydroxyl groups excluding tert-OH is 1. The van der Waals surface area contributed by atoms with Gasteiger partial charge in [0.15, 0.2) is 0 Å². The van der Waals surface area contributed by atoms with Crippen molar-refractivity contribution in [1.29, 1.82) is 0 Å². The molecule has 1 aliphatic carbocycles. The van der Waals surface area contributed by atoms with Crippen molar-refractivity contribution in [1.82, 2.24) is 4.31 Å². The molecule has 0 spiro atoms. The average molecular weight is 450 g/mol. The molecule has 8 heteroatoms. The predicted molar refractivity (Wildman–Crippen MR) is 115 cm³/mol. The summed E-state index contributed by atoms with van der Waals surface area (Å²) < 4.78 is 46.1. The third-order valence-electron chi connectivity index (χ3n) is 6.21. The normalized spacial score (nSPS) is 21.5. The van der Waals surface area contributed by atoms with Gasteiger partial charge in [0, 0.05) is 0 Å². The first-order valence-corrected chi connectivity index (χ1v) is 12.3. The standard InChI is InChI=1S/C23H29FN2O4S/c24-19-8-10-21(11-9-19)31(28,29)26-14-12-25(13-15-26)16-20(27)17-30-23-7-3-5-18-4-1-2-6-22(18)23/h1-2,4,6,8-11,20,23,27H,3,5,7,12-17H2/p+1/t20-,23+/m0/s1. The van der Waals surface area contributed by atoms with E-state index < -0.39 is 21.9 Å². The third kappa shape index (κ3) is 5.32. The summed E-state index contributed by atoms with van der Waals surface area (Å²) in [5.41, 5.74) is 2.56. The van der Waals surface area contributed by atoms with Crippen molar-refractivity contribution >= 4 is 10.0 Å². The second kappa shape index (κ2) is 9.75. The molecular weight excluding hydrogens is 419 g/mol. The van der Waals surface area contributed by atoms with Crippen LogP contribution in [0.2, 0.25) is 0 Å². The molecule has 0 amide bonds. The van der Waals surface area contributed by atoms with Gasteiger partial charge in [0.2, 0.25) is 10.0 Å². The Balaban J connectivity index is 1.25. The zero-order chi connectivity index (χ0) is 21.8. The van der Waals surface area contributed by atoms with Gasteiger partial charge in [-0.05, 0) is 54.7 Å². The van der Waals surface area contributed by atoms with Gasteiger partial charge in [0.05, 0.1) is 43.8 Å². The molecule has 2 aromatic carbocycles. The number of ether oxygens (including phenoxy) is 1. The summed E-state index contributed by atoms with van der Waals surface area (Å²) in [7, 11) is -3.62. The maximum Gasteiger partial charge on any atom is 0.243 e. The van der Waals surface area contributed by atoms with Gasteiger partial charge in [-0.15, -0.1) is 0 Å². The van der Waals surface area contributed by atoms with E-state index in [0.717, 1.165) is 36.3 Å². The number of hydrogen-bond donors (Lipinski definition) is 2. The van der Waals surface area contributed by atoms with Gasteiger partial charge < -0.3 is 14.7 Å². The lowest BCUT2D eigenvalue weighted by Crippen LogP contribution is -3.15. The van der Waals surface area contributed by atoms with E-state index in [2.05, 4.69) is 18.2 Å². The van der Waals surface area contributed by atoms with Gasteiger partial charge in [-0.25, -0.2) is 12.8 Å². The van der Waals surface area contributed by atoms with Crippen LogP contribution in [0.3, 0.4) is 0 Å². The van der Waals surface area contributed by atoms with E-state index in [1.807, 2.05) is 6.07 Å². The van der Waals surface area contributed by atoms with E-state index in [9.17, 15) is 17.9 Å². The molecule has 2 aliphatic rings. The van der Waals surface area contributed by atoms with E-state index in [1.165, 1.54) is 27.6 Å². The van der Waals surface area contributed by atoms with Crippen LogP contribution in [0.1, 0.15) is 30.1 Å². The van der Waals surface area contributed by atoms with Gasteiger partial charge in [-0.3, -0.25) is 0 Å². The number of fused-ring (bicyclic) bond motifs is 1. The monoisotopic (exact) mass is 449 g/mol. The number of quaternary nitrogens is 1. The van der Waals surface area contributed by atoms with Crippen molar-refractivity contribution in [3.05, 3.63) is 65.5 Å². The Kier molecular flexibility index (Phi) is 7.03. The Bertz CT molecular complexity index is 975. The molecular formula is C23H30FN2O4S+. The molecule has 0 bridgehead atoms. The molecule has 0 saturated carbocycles. The number of aryl methyl sites for hydroxylation is 1. The summed E-state index contributed by atoms with van der Waals surface area (Å²) in [4.78, 5) is 1.27. The van der Waals surface area contributed by atoms with Crippen LogP contribution >= 0.6 is 0 Å². The second-order valence-corrected chi connectivity index (χ2v) is 10.3. The molecule has 1 fully saturated rings. The van der Waals surface area contributed by atoms with Gasteiger partial charge in [0.25, 0.3) is 0 Å². The van der Waals surface area contributed by atoms with E-state index >= 15 is 0 Å². The van der Waals surface area contributed by atoms with E-state index in [0.29, 0.717) is 32.7 Å². The zero-order valence-corrected chi connectivity index (χ0v) is 18.4. The zero-order valence-electron chi connectivity index (χ0n) is 17.5. The van der Waals surface area contributed by atoms with Crippen LogP contribution in [0.25, 0.3) is 0 Å². The Labute approximate surface area is 183 Å². The van der Waals surface area contributed by atoms with Crippen LogP contribution in [0.5, 0.6) is 0 Å². The lowest BCUT2D eigenvalue weighted by Gasteiger charge is -2.33. The highest BCUT2D eigenvalue weighted by atomic mass is 32.2. The number of aliphatic hydroxyl groups is 1. The minimum atomic E-state index is -3.62. The number of sulfonamides is 1. The van der Waals surface area contributed by atoms with Crippen molar-refractivity contribution < 1.29 is 27.6 Å². The van der Waals surface area contributed by atoms with Gasteiger partial charge in [-0.1, -0.05) is 24.3 Å². The summed E-state index contributed by atoms with van der Waals surface area (Å²) in [5.74, 6) is -0.457. The van der Waals surface area contributed by atoms with Gasteiger partial charge >= 0.3 is 0 Å². The molecule has 2 atom stereocenters. The molecule has 0 aromatic heterocycles. The summed E-state index contributed by atoms with van der Waals surface area (Å²) in [6.45, 7) is 2.78. The van der Waals surface area contributed by atoms with Crippen LogP contribution in [0, 0.1) is 5.82 Å². The average Bonchev–Trinajstić information content (AvgIpc) is 2.78. The highest BCUT2D eigenvalue weighted by molar-refractivity contribution is 7.89. The minimum absolute atomic E-state index is 0.0345. The van der Waals surface area contributed by atoms with Crippen molar-refractivity contribution in [2.45, 2.75) is 36.4 Å². The SMILES string of the molecule is O=S(=O)(c1ccc(F)cc1)N1CC[NH+](C[C@H](O)CO[C@@H]2CCCc3ccccc32)CC1. The van der Waals surface area contributed by atoms with Crippen LogP contribution in [-0.4, -0.2) is 63.3 Å². The Morgan fingerprint density at radius 1 is 1.13 bits per heavy atom. The Hall–Kier alpha value is -1.84. The van der Waals surface area contributed by atoms with E-state index in [1.54, 1.807) is 0 Å². The molecule has 168 valence electrons. The highest BCUT2D eigenvalue weighted by Gasteiger charge is 2.31. The van der Waals surface area contributed by atoms with Crippen LogP contribution in [0.4, 0.5) is 4.39 Å². The first-order chi connectivity index (χ1) is 14.9. The number of halogens is 1. The molecule has 0 unspecified atom stereocenters. The van der Waals surface area contributed by atoms with Crippen molar-refractivity contribution in [2.75, 3.05) is 39.3 Å². The van der Waals surface area contributed by atoms with Crippen LogP contribution in [-0.2, 0) is 21.2 Å². The number of nitrogens with zero attached hydrogens (tertiary/aromatic N) is 1. The molecule has 1 aliphatic heterocycles. The fourth-order valence-electron chi connectivity index (χ4n) is 4.50. The molecule has 31 heavy (non-hydrogen) atoms. The van der Waals surface area contributed by atoms with Crippen molar-refractivity contribution in [2.24, 2.45) is 0 Å². The number of rotatable bonds is 7. The lowest BCUT2D eigenvalue weighted by molar-refractivity contribution is -0.906. The van der Waals surface area contributed by atoms with Crippen molar-refractivity contribution in [3.63, 3.8) is 0 Å². The van der Waals surface area contributed by atoms with Gasteiger partial charge in [-0.2, -0.15) is 4.31 Å². The maximum absolute atomic E-state index is 13.1. The summed E-state index contributed by atoms with van der Waals surface area (Å²) in [6, 6.07) is 13.3. The summed E-state index contributed by atoms with van der Waals surface area (Å²) in [6.07, 6.45) is 2.58. The molecule has 1 saturated heterocycles. The Morgan fingerprint density at radius 3 is 2.58 bits per heavy atom. The number of nitrogens with one attached hydrogen (secondary N) is 1. The number of piperazine rings is 1. The highest BCUT2D eigenvalue weighted by Crippen LogP contribution is 2.32. The second-order valence-electron chi connectivity index (χ2n) is 8.38. The van der Waals surface area contributed by atoms with Crippen LogP contribution < -0.4 is 4.90 Å². The molecule has 4 rings (SSSR count). The lowest BCUT2D eigenvalue weighted by atomic mass is 9.89. The van der Waals surface area contributed by atoms with Crippen molar-refractivity contribution in [3.8, 4) is 0 Å². The smallest absolute Gasteiger partial charge is 0.243 e. The maximum atomic E-state index is 13.1. The van der Waals surface area contributed by atoms with Gasteiger partial charge in [0.1, 0.15) is 18.5 Å². The molecule has 0 radical (unpaired) electrons. The molecule has 2 N–H and O–H groups in total. The minimum Gasteiger partial charge on any atom is -0.385 e. The number of benzene rings is 2. The first-order valence-electron chi connectivity index (χ1n) is 10.9. The largest absolute Gasteiger partial charge is 0.385 e. The Morgan fingerprint density at radius 2 is 1.84 bits per heavy atom. The quantitative estimate of drug-likeness (QED) is 0.666. The fraction of sp³-hybridized carbons (Fsp3) is 0.478. The third-order valence-corrected chi connectivity index (χ3v) is 8.12. The molecule has 2 aromatic rings. The van der Waals surface area contributed by atoms with Crippen LogP contribution in [0.15, 0.2) is 53.4 Å². The first kappa shape index (κ1) is 22.4.